The van der Waals surface area contributed by atoms with E-state index in [4.69, 9.17) is 10.2 Å². The zero-order chi connectivity index (χ0) is 24.0. The maximum Gasteiger partial charge on any atom is 0.320 e. The Morgan fingerprint density at radius 1 is 0.935 bits per heavy atom. The second-order valence-electron chi connectivity index (χ2n) is 7.93. The van der Waals surface area contributed by atoms with Gasteiger partial charge in [0.05, 0.1) is 13.1 Å². The molecular formula is C21H34N2O8. The number of unbranched alkanes of at least 4 members (excludes halogenated alkanes) is 1. The molecule has 1 amide bonds. The molecule has 3 unspecified atom stereocenters. The third-order valence-corrected chi connectivity index (χ3v) is 4.31. The maximum atomic E-state index is 12.0. The minimum atomic E-state index is -1.31. The average molecular weight is 443 g/mol. The van der Waals surface area contributed by atoms with Crippen LogP contribution in [0.3, 0.4) is 0 Å². The van der Waals surface area contributed by atoms with Crippen molar-refractivity contribution >= 4 is 23.8 Å². The van der Waals surface area contributed by atoms with Crippen molar-refractivity contribution in [1.29, 1.82) is 0 Å². The molecular weight excluding hydrogens is 408 g/mol. The number of carboxylic acids is 3. The van der Waals surface area contributed by atoms with Gasteiger partial charge in [-0.15, -0.1) is 0 Å². The summed E-state index contributed by atoms with van der Waals surface area (Å²) in [7, 11) is 0. The summed E-state index contributed by atoms with van der Waals surface area (Å²) in [6, 6.07) is -1.24. The maximum absolute atomic E-state index is 12.0. The largest absolute Gasteiger partial charge is 0.480 e. The van der Waals surface area contributed by atoms with Crippen LogP contribution in [-0.2, 0) is 19.2 Å². The summed E-state index contributed by atoms with van der Waals surface area (Å²) in [5, 5.41) is 39.5. The summed E-state index contributed by atoms with van der Waals surface area (Å²) < 4.78 is 0. The summed E-state index contributed by atoms with van der Waals surface area (Å²) >= 11 is 0. The van der Waals surface area contributed by atoms with Gasteiger partial charge in [0, 0.05) is 18.9 Å². The third kappa shape index (κ3) is 14.9. The second kappa shape index (κ2) is 15.2. The number of rotatable bonds is 15. The Labute approximate surface area is 182 Å². The van der Waals surface area contributed by atoms with Crippen molar-refractivity contribution in [3.05, 3.63) is 0 Å². The highest BCUT2D eigenvalue weighted by Gasteiger charge is 2.28. The Morgan fingerprint density at radius 2 is 1.52 bits per heavy atom. The van der Waals surface area contributed by atoms with Crippen molar-refractivity contribution in [2.24, 2.45) is 11.8 Å². The number of hydrogen-bond acceptors (Lipinski definition) is 6. The molecule has 0 aromatic rings. The average Bonchev–Trinajstić information content (AvgIpc) is 2.60. The van der Waals surface area contributed by atoms with Gasteiger partial charge < -0.3 is 25.7 Å². The van der Waals surface area contributed by atoms with Crippen LogP contribution >= 0.6 is 0 Å². The normalized spacial score (nSPS) is 13.7. The molecule has 10 heteroatoms. The Hall–Kier alpha value is -2.64. The van der Waals surface area contributed by atoms with E-state index in [1.54, 1.807) is 6.92 Å². The summed E-state index contributed by atoms with van der Waals surface area (Å²) in [6.07, 6.45) is 0.903. The van der Waals surface area contributed by atoms with Gasteiger partial charge in [0.25, 0.3) is 0 Å². The summed E-state index contributed by atoms with van der Waals surface area (Å²) in [5.74, 6) is 1.57. The van der Waals surface area contributed by atoms with Crippen LogP contribution in [0.2, 0.25) is 0 Å². The van der Waals surface area contributed by atoms with Crippen LogP contribution in [0.15, 0.2) is 0 Å². The van der Waals surface area contributed by atoms with E-state index in [1.807, 2.05) is 13.8 Å². The first-order valence-corrected chi connectivity index (χ1v) is 10.3. The lowest BCUT2D eigenvalue weighted by Crippen LogP contribution is -2.46. The number of aliphatic carboxylic acids is 3. The van der Waals surface area contributed by atoms with Gasteiger partial charge in [0.1, 0.15) is 12.1 Å². The number of carboxylic acid groups (broad SMARTS) is 3. The molecule has 10 nitrogen and oxygen atoms in total. The zero-order valence-corrected chi connectivity index (χ0v) is 18.3. The summed E-state index contributed by atoms with van der Waals surface area (Å²) in [5.41, 5.74) is 0. The lowest BCUT2D eigenvalue weighted by atomic mass is 10.0. The Balaban J connectivity index is 4.40. The van der Waals surface area contributed by atoms with Crippen molar-refractivity contribution in [3.63, 3.8) is 0 Å². The van der Waals surface area contributed by atoms with E-state index >= 15 is 0 Å². The molecule has 0 aliphatic heterocycles. The van der Waals surface area contributed by atoms with Crippen LogP contribution in [0.5, 0.6) is 0 Å². The van der Waals surface area contributed by atoms with Crippen LogP contribution in [0.4, 0.5) is 0 Å². The molecule has 0 aromatic carbocycles. The van der Waals surface area contributed by atoms with E-state index in [0.717, 1.165) is 4.90 Å². The second-order valence-corrected chi connectivity index (χ2v) is 7.93. The van der Waals surface area contributed by atoms with Crippen molar-refractivity contribution in [2.45, 2.75) is 65.0 Å². The molecule has 0 bridgehead atoms. The minimum absolute atomic E-state index is 0.0569. The van der Waals surface area contributed by atoms with Gasteiger partial charge >= 0.3 is 17.9 Å². The zero-order valence-electron chi connectivity index (χ0n) is 18.3. The molecule has 0 spiro atoms. The van der Waals surface area contributed by atoms with Gasteiger partial charge in [0.15, 0.2) is 0 Å². The fourth-order valence-electron chi connectivity index (χ4n) is 2.92. The number of aliphatic hydroxyl groups is 1. The molecule has 176 valence electrons. The quantitative estimate of drug-likeness (QED) is 0.181. The molecule has 0 saturated carbocycles. The van der Waals surface area contributed by atoms with Gasteiger partial charge in [-0.25, -0.2) is 0 Å². The first kappa shape index (κ1) is 28.4. The number of hydrogen-bond donors (Lipinski definition) is 5. The molecule has 0 heterocycles. The number of carbonyl (C=O) groups is 4. The van der Waals surface area contributed by atoms with E-state index in [2.05, 4.69) is 17.2 Å². The molecule has 0 fully saturated rings. The minimum Gasteiger partial charge on any atom is -0.480 e. The number of nitrogens with zero attached hydrogens (tertiary/aromatic N) is 1. The van der Waals surface area contributed by atoms with Crippen molar-refractivity contribution < 1.29 is 39.6 Å². The Morgan fingerprint density at radius 3 is 2.00 bits per heavy atom. The molecule has 0 aromatic heterocycles. The van der Waals surface area contributed by atoms with Crippen LogP contribution < -0.4 is 5.32 Å². The molecule has 3 atom stereocenters. The Kier molecular flexibility index (Phi) is 13.9. The van der Waals surface area contributed by atoms with E-state index in [0.29, 0.717) is 31.7 Å². The molecule has 0 aliphatic carbocycles. The molecule has 0 rings (SSSR count). The molecule has 0 radical (unpaired) electrons. The summed E-state index contributed by atoms with van der Waals surface area (Å²) in [4.78, 5) is 46.1. The summed E-state index contributed by atoms with van der Waals surface area (Å²) in [6.45, 7) is 4.67. The molecule has 0 aliphatic rings. The highest BCUT2D eigenvalue weighted by atomic mass is 16.4. The molecule has 31 heavy (non-hydrogen) atoms. The monoisotopic (exact) mass is 442 g/mol. The van der Waals surface area contributed by atoms with Crippen molar-refractivity contribution in [2.75, 3.05) is 19.6 Å². The fraction of sp³-hybridized carbons (Fsp3) is 0.714. The lowest BCUT2D eigenvalue weighted by molar-refractivity contribution is -0.149. The van der Waals surface area contributed by atoms with Crippen molar-refractivity contribution in [3.8, 4) is 11.8 Å². The highest BCUT2D eigenvalue weighted by Crippen LogP contribution is 2.10. The number of aliphatic hydroxyl groups excluding tert-OH is 1. The van der Waals surface area contributed by atoms with Crippen molar-refractivity contribution in [1.82, 2.24) is 10.2 Å². The topological polar surface area (TPSA) is 164 Å². The molecule has 5 N–H and O–H groups in total. The van der Waals surface area contributed by atoms with E-state index < -0.39 is 43.1 Å². The van der Waals surface area contributed by atoms with Gasteiger partial charge in [-0.1, -0.05) is 32.6 Å². The Bertz CT molecular complexity index is 652. The van der Waals surface area contributed by atoms with Gasteiger partial charge in [-0.2, -0.15) is 0 Å². The standard InChI is InChI=1S/C21H34N2O8/c1-14(2)10-16(24)8-7-15(3)11-18(25)22-9-5-4-6-17(21(30)31)23(12-19(26)27)13-20(28)29/h14-17,24H,4-6,9-13H2,1-3H3,(H,22,25)(H,26,27)(H,28,29)(H,30,31). The highest BCUT2D eigenvalue weighted by molar-refractivity contribution is 5.78. The lowest BCUT2D eigenvalue weighted by Gasteiger charge is -2.25. The van der Waals surface area contributed by atoms with Crippen LogP contribution in [-0.4, -0.2) is 80.9 Å². The number of carbonyl (C=O) groups excluding carboxylic acids is 1. The predicted molar refractivity (Wildman–Crippen MR) is 112 cm³/mol. The fourth-order valence-corrected chi connectivity index (χ4v) is 2.92. The SMILES string of the molecule is CC(C)CC(O)C#CC(C)CC(=O)NCCCCC(C(=O)O)N(CC(=O)O)CC(=O)O. The van der Waals surface area contributed by atoms with Crippen LogP contribution in [0, 0.1) is 23.7 Å². The first-order chi connectivity index (χ1) is 14.4. The first-order valence-electron chi connectivity index (χ1n) is 10.3. The smallest absolute Gasteiger partial charge is 0.320 e. The molecule has 0 saturated heterocycles. The van der Waals surface area contributed by atoms with Crippen LogP contribution in [0.1, 0.15) is 52.9 Å². The number of nitrogens with one attached hydrogen (secondary N) is 1. The van der Waals surface area contributed by atoms with E-state index in [-0.39, 0.29) is 24.7 Å². The van der Waals surface area contributed by atoms with Gasteiger partial charge in [-0.05, 0) is 31.6 Å². The van der Waals surface area contributed by atoms with Crippen LogP contribution in [0.25, 0.3) is 0 Å². The predicted octanol–water partition coefficient (Wildman–Crippen LogP) is 0.634. The third-order valence-electron chi connectivity index (χ3n) is 4.31. The van der Waals surface area contributed by atoms with E-state index in [9.17, 15) is 29.4 Å². The van der Waals surface area contributed by atoms with Gasteiger partial charge in [-0.3, -0.25) is 24.1 Å². The van der Waals surface area contributed by atoms with Gasteiger partial charge in [0.2, 0.25) is 5.91 Å². The van der Waals surface area contributed by atoms with E-state index in [1.165, 1.54) is 0 Å². The number of amides is 1.